The molecule has 0 bridgehead atoms. The lowest BCUT2D eigenvalue weighted by Gasteiger charge is -2.38. The van der Waals surface area contributed by atoms with E-state index in [2.05, 4.69) is 0 Å². The fraction of sp³-hybridized carbons (Fsp3) is 0.250. The van der Waals surface area contributed by atoms with Gasteiger partial charge in [-0.3, -0.25) is 0 Å². The summed E-state index contributed by atoms with van der Waals surface area (Å²) in [5, 5.41) is 0. The zero-order valence-corrected chi connectivity index (χ0v) is 17.3. The fourth-order valence-electron chi connectivity index (χ4n) is 3.77. The summed E-state index contributed by atoms with van der Waals surface area (Å²) in [4.78, 5) is 0. The van der Waals surface area contributed by atoms with Crippen molar-refractivity contribution in [3.8, 4) is 0 Å². The number of hydrogen-bond acceptors (Lipinski definition) is 0. The highest BCUT2D eigenvalue weighted by Gasteiger charge is 2.59. The van der Waals surface area contributed by atoms with E-state index >= 15 is 0 Å². The average Bonchev–Trinajstić information content (AvgIpc) is 2.68. The Hall–Kier alpha value is -2.97. The second kappa shape index (κ2) is 8.11. The van der Waals surface area contributed by atoms with Crippen molar-refractivity contribution in [2.45, 2.75) is 37.8 Å². The highest BCUT2D eigenvalue weighted by Crippen LogP contribution is 2.53. The molecule has 9 heteroatoms. The van der Waals surface area contributed by atoms with Crippen LogP contribution in [0.15, 0.2) is 66.7 Å². The standard InChI is InChI=1S/C24H17F9/c1-14-3-7-16(8-4-14)21(24(31,32)33,17-9-5-15(2)6-10-17)18-11-19(22(25,26)27)13-20(12-18)23(28,29)30/h3-13H,1-2H3. The van der Waals surface area contributed by atoms with Gasteiger partial charge >= 0.3 is 18.5 Å². The predicted octanol–water partition coefficient (Wildman–Crippen LogP) is 8.24. The van der Waals surface area contributed by atoms with Gasteiger partial charge in [-0.15, -0.1) is 0 Å². The molecule has 0 heterocycles. The Kier molecular flexibility index (Phi) is 6.06. The number of rotatable bonds is 3. The number of benzene rings is 3. The third-order valence-electron chi connectivity index (χ3n) is 5.42. The Morgan fingerprint density at radius 2 is 0.727 bits per heavy atom. The SMILES string of the molecule is Cc1ccc(C(c2ccc(C)cc2)(c2cc(C(F)(F)F)cc(C(F)(F)F)c2)C(F)(F)F)cc1. The minimum Gasteiger partial charge on any atom is -0.169 e. The second-order valence-electron chi connectivity index (χ2n) is 7.77. The maximum Gasteiger partial charge on any atom is 0.416 e. The molecule has 0 amide bonds. The molecule has 0 aromatic heterocycles. The molecule has 0 spiro atoms. The summed E-state index contributed by atoms with van der Waals surface area (Å²) < 4.78 is 126. The van der Waals surface area contributed by atoms with Gasteiger partial charge in [-0.1, -0.05) is 59.7 Å². The first-order chi connectivity index (χ1) is 15.1. The summed E-state index contributed by atoms with van der Waals surface area (Å²) in [7, 11) is 0. The number of aryl methyl sites for hydroxylation is 2. The van der Waals surface area contributed by atoms with Crippen LogP contribution < -0.4 is 0 Å². The van der Waals surface area contributed by atoms with E-state index in [1.54, 1.807) is 13.8 Å². The van der Waals surface area contributed by atoms with Crippen molar-refractivity contribution < 1.29 is 39.5 Å². The van der Waals surface area contributed by atoms with E-state index in [1.807, 2.05) is 0 Å². The van der Waals surface area contributed by atoms with Gasteiger partial charge < -0.3 is 0 Å². The molecule has 0 fully saturated rings. The van der Waals surface area contributed by atoms with Crippen molar-refractivity contribution in [3.05, 3.63) is 106 Å². The van der Waals surface area contributed by atoms with Crippen LogP contribution in [0, 0.1) is 13.8 Å². The van der Waals surface area contributed by atoms with Crippen LogP contribution in [-0.4, -0.2) is 6.18 Å². The predicted molar refractivity (Wildman–Crippen MR) is 105 cm³/mol. The lowest BCUT2D eigenvalue weighted by Crippen LogP contribution is -2.45. The van der Waals surface area contributed by atoms with E-state index in [-0.39, 0.29) is 18.2 Å². The van der Waals surface area contributed by atoms with Gasteiger partial charge in [0.1, 0.15) is 5.41 Å². The Morgan fingerprint density at radius 3 is 1.00 bits per heavy atom. The van der Waals surface area contributed by atoms with Gasteiger partial charge in [-0.2, -0.15) is 39.5 Å². The number of halogens is 9. The van der Waals surface area contributed by atoms with Gasteiger partial charge in [0.15, 0.2) is 0 Å². The molecule has 3 aromatic rings. The average molecular weight is 476 g/mol. The quantitative estimate of drug-likeness (QED) is 0.264. The zero-order valence-electron chi connectivity index (χ0n) is 17.3. The molecule has 0 aliphatic heterocycles. The molecule has 3 aromatic carbocycles. The van der Waals surface area contributed by atoms with Crippen LogP contribution in [-0.2, 0) is 17.8 Å². The van der Waals surface area contributed by atoms with E-state index in [1.165, 1.54) is 24.3 Å². The summed E-state index contributed by atoms with van der Waals surface area (Å²) >= 11 is 0. The lowest BCUT2D eigenvalue weighted by atomic mass is 9.68. The summed E-state index contributed by atoms with van der Waals surface area (Å²) in [5.41, 5.74) is -7.97. The monoisotopic (exact) mass is 476 g/mol. The molecule has 0 radical (unpaired) electrons. The minimum absolute atomic E-state index is 0.141. The highest BCUT2D eigenvalue weighted by atomic mass is 19.4. The molecule has 0 aliphatic carbocycles. The largest absolute Gasteiger partial charge is 0.416 e. The van der Waals surface area contributed by atoms with Crippen LogP contribution in [0.3, 0.4) is 0 Å². The summed E-state index contributed by atoms with van der Waals surface area (Å²) in [6.45, 7) is 3.19. The van der Waals surface area contributed by atoms with Crippen LogP contribution in [0.25, 0.3) is 0 Å². The van der Waals surface area contributed by atoms with Crippen molar-refractivity contribution in [1.29, 1.82) is 0 Å². The van der Waals surface area contributed by atoms with E-state index in [9.17, 15) is 39.5 Å². The first-order valence-corrected chi connectivity index (χ1v) is 9.58. The van der Waals surface area contributed by atoms with E-state index < -0.39 is 51.8 Å². The van der Waals surface area contributed by atoms with E-state index in [4.69, 9.17) is 0 Å². The second-order valence-corrected chi connectivity index (χ2v) is 7.77. The van der Waals surface area contributed by atoms with Crippen molar-refractivity contribution >= 4 is 0 Å². The molecule has 0 saturated heterocycles. The van der Waals surface area contributed by atoms with Gasteiger partial charge in [0, 0.05) is 0 Å². The van der Waals surface area contributed by atoms with E-state index in [0.29, 0.717) is 11.1 Å². The Bertz CT molecular complexity index is 1040. The van der Waals surface area contributed by atoms with Gasteiger partial charge in [0.2, 0.25) is 0 Å². The molecule has 176 valence electrons. The Labute approximate surface area is 183 Å². The molecule has 0 nitrogen and oxygen atoms in total. The maximum absolute atomic E-state index is 14.9. The molecule has 0 N–H and O–H groups in total. The fourth-order valence-corrected chi connectivity index (χ4v) is 3.77. The summed E-state index contributed by atoms with van der Waals surface area (Å²) in [6, 6.07) is 9.65. The van der Waals surface area contributed by atoms with Crippen molar-refractivity contribution in [2.75, 3.05) is 0 Å². The van der Waals surface area contributed by atoms with Crippen LogP contribution in [0.5, 0.6) is 0 Å². The molecular weight excluding hydrogens is 459 g/mol. The van der Waals surface area contributed by atoms with Gasteiger partial charge in [-0.25, -0.2) is 0 Å². The van der Waals surface area contributed by atoms with E-state index in [0.717, 1.165) is 24.3 Å². The van der Waals surface area contributed by atoms with Gasteiger partial charge in [0.05, 0.1) is 11.1 Å². The lowest BCUT2D eigenvalue weighted by molar-refractivity contribution is -0.167. The van der Waals surface area contributed by atoms with Crippen LogP contribution in [0.4, 0.5) is 39.5 Å². The first kappa shape index (κ1) is 24.7. The molecule has 33 heavy (non-hydrogen) atoms. The molecule has 0 aliphatic rings. The minimum atomic E-state index is -5.30. The molecule has 0 saturated carbocycles. The Morgan fingerprint density at radius 1 is 0.424 bits per heavy atom. The zero-order chi connectivity index (χ0) is 24.8. The molecule has 0 unspecified atom stereocenters. The molecular formula is C24H17F9. The topological polar surface area (TPSA) is 0 Å². The third-order valence-corrected chi connectivity index (χ3v) is 5.42. The highest BCUT2D eigenvalue weighted by molar-refractivity contribution is 5.55. The van der Waals surface area contributed by atoms with Crippen LogP contribution >= 0.6 is 0 Å². The van der Waals surface area contributed by atoms with Gasteiger partial charge in [-0.05, 0) is 48.7 Å². The number of hydrogen-bond donors (Lipinski definition) is 0. The van der Waals surface area contributed by atoms with Crippen LogP contribution in [0.2, 0.25) is 0 Å². The number of alkyl halides is 9. The Balaban J connectivity index is 2.54. The summed E-state index contributed by atoms with van der Waals surface area (Å²) in [5.74, 6) is 0. The van der Waals surface area contributed by atoms with Crippen molar-refractivity contribution in [2.24, 2.45) is 0 Å². The van der Waals surface area contributed by atoms with Crippen molar-refractivity contribution in [1.82, 2.24) is 0 Å². The summed E-state index contributed by atoms with van der Waals surface area (Å²) in [6.07, 6.45) is -15.9. The smallest absolute Gasteiger partial charge is 0.169 e. The molecule has 0 atom stereocenters. The normalized spacial score (nSPS) is 13.3. The first-order valence-electron chi connectivity index (χ1n) is 9.58. The van der Waals surface area contributed by atoms with Gasteiger partial charge in [0.25, 0.3) is 0 Å². The third kappa shape index (κ3) is 4.58. The molecule has 3 rings (SSSR count). The van der Waals surface area contributed by atoms with Crippen LogP contribution in [0.1, 0.15) is 38.9 Å². The van der Waals surface area contributed by atoms with Crippen molar-refractivity contribution in [3.63, 3.8) is 0 Å². The maximum atomic E-state index is 14.9.